The van der Waals surface area contributed by atoms with Crippen LogP contribution in [0.25, 0.3) is 0 Å². The quantitative estimate of drug-likeness (QED) is 0.670. The first-order valence-corrected chi connectivity index (χ1v) is 8.39. The smallest absolute Gasteiger partial charge is 0.270 e. The highest BCUT2D eigenvalue weighted by Gasteiger charge is 2.10. The second-order valence-corrected chi connectivity index (χ2v) is 5.96. The Labute approximate surface area is 160 Å². The molecule has 8 heteroatoms. The van der Waals surface area contributed by atoms with Gasteiger partial charge in [-0.1, -0.05) is 23.7 Å². The second-order valence-electron chi connectivity index (χ2n) is 5.55. The maximum atomic E-state index is 12.9. The molecule has 3 aromatic rings. The first-order chi connectivity index (χ1) is 13.0. The van der Waals surface area contributed by atoms with Crippen LogP contribution in [-0.4, -0.2) is 23.0 Å². The number of nitrogens with zero attached hydrogens (tertiary/aromatic N) is 2. The predicted molar refractivity (Wildman–Crippen MR) is 101 cm³/mol. The minimum Gasteiger partial charge on any atom is -0.495 e. The van der Waals surface area contributed by atoms with Gasteiger partial charge < -0.3 is 15.4 Å². The van der Waals surface area contributed by atoms with Crippen LogP contribution in [-0.2, 0) is 6.54 Å². The van der Waals surface area contributed by atoms with Crippen LogP contribution in [0.5, 0.6) is 5.75 Å². The molecule has 2 aromatic carbocycles. The summed E-state index contributed by atoms with van der Waals surface area (Å²) in [5.41, 5.74) is 1.64. The molecule has 0 bridgehead atoms. The maximum Gasteiger partial charge on any atom is 0.270 e. The van der Waals surface area contributed by atoms with Crippen molar-refractivity contribution >= 4 is 29.1 Å². The van der Waals surface area contributed by atoms with Crippen LogP contribution >= 0.6 is 11.6 Å². The number of anilines is 2. The van der Waals surface area contributed by atoms with E-state index in [2.05, 4.69) is 20.6 Å². The van der Waals surface area contributed by atoms with Gasteiger partial charge in [-0.25, -0.2) is 14.4 Å². The molecule has 6 nitrogen and oxygen atoms in total. The molecule has 0 spiro atoms. The Hall–Kier alpha value is -3.19. The number of methoxy groups -OCH3 is 1. The molecule has 0 saturated carbocycles. The summed E-state index contributed by atoms with van der Waals surface area (Å²) in [6.45, 7) is 0.264. The molecule has 1 amide bonds. The number of hydrogen-bond donors (Lipinski definition) is 2. The number of amides is 1. The topological polar surface area (TPSA) is 76.1 Å². The average Bonchev–Trinajstić information content (AvgIpc) is 2.68. The molecule has 138 valence electrons. The van der Waals surface area contributed by atoms with Crippen molar-refractivity contribution in [3.05, 3.63) is 76.8 Å². The van der Waals surface area contributed by atoms with Gasteiger partial charge in [-0.3, -0.25) is 4.79 Å². The standard InChI is InChI=1S/C19H16ClFN4O2/c1-27-17-7-6-14(10-15(17)20)24-19-22-9-8-16(25-19)18(26)23-11-12-2-4-13(21)5-3-12/h2-10H,11H2,1H3,(H,23,26)(H,22,24,25). The third-order valence-electron chi connectivity index (χ3n) is 3.66. The van der Waals surface area contributed by atoms with Gasteiger partial charge in [0.2, 0.25) is 5.95 Å². The summed E-state index contributed by atoms with van der Waals surface area (Å²) in [5, 5.41) is 6.16. The fourth-order valence-electron chi connectivity index (χ4n) is 2.29. The third kappa shape index (κ3) is 4.92. The van der Waals surface area contributed by atoms with E-state index in [1.807, 2.05) is 0 Å². The van der Waals surface area contributed by atoms with E-state index in [1.165, 1.54) is 31.5 Å². The van der Waals surface area contributed by atoms with E-state index in [0.29, 0.717) is 16.5 Å². The molecule has 1 heterocycles. The van der Waals surface area contributed by atoms with Crippen LogP contribution in [0.3, 0.4) is 0 Å². The van der Waals surface area contributed by atoms with E-state index >= 15 is 0 Å². The maximum absolute atomic E-state index is 12.9. The number of halogens is 2. The zero-order valence-corrected chi connectivity index (χ0v) is 15.1. The first-order valence-electron chi connectivity index (χ1n) is 8.01. The van der Waals surface area contributed by atoms with Crippen molar-refractivity contribution in [2.24, 2.45) is 0 Å². The van der Waals surface area contributed by atoms with E-state index in [1.54, 1.807) is 30.3 Å². The van der Waals surface area contributed by atoms with E-state index in [4.69, 9.17) is 16.3 Å². The molecule has 0 radical (unpaired) electrons. The van der Waals surface area contributed by atoms with Crippen LogP contribution in [0, 0.1) is 5.82 Å². The number of benzene rings is 2. The summed E-state index contributed by atoms with van der Waals surface area (Å²) >= 11 is 6.09. The molecule has 0 aliphatic heterocycles. The Kier molecular flexibility index (Phi) is 5.83. The number of ether oxygens (including phenoxy) is 1. The number of carbonyl (C=O) groups is 1. The summed E-state index contributed by atoms with van der Waals surface area (Å²) in [5.74, 6) is 0.121. The summed E-state index contributed by atoms with van der Waals surface area (Å²) in [6, 6.07) is 12.5. The van der Waals surface area contributed by atoms with E-state index in [-0.39, 0.29) is 29.9 Å². The van der Waals surface area contributed by atoms with Gasteiger partial charge in [0.25, 0.3) is 5.91 Å². The molecule has 0 unspecified atom stereocenters. The van der Waals surface area contributed by atoms with Gasteiger partial charge >= 0.3 is 0 Å². The van der Waals surface area contributed by atoms with Gasteiger partial charge in [-0.15, -0.1) is 0 Å². The van der Waals surface area contributed by atoms with Crippen LogP contribution in [0.15, 0.2) is 54.7 Å². The Morgan fingerprint density at radius 1 is 1.19 bits per heavy atom. The zero-order chi connectivity index (χ0) is 19.2. The minimum atomic E-state index is -0.363. The summed E-state index contributed by atoms with van der Waals surface area (Å²) in [4.78, 5) is 20.6. The average molecular weight is 387 g/mol. The number of hydrogen-bond acceptors (Lipinski definition) is 5. The van der Waals surface area contributed by atoms with Crippen molar-refractivity contribution in [1.29, 1.82) is 0 Å². The summed E-state index contributed by atoms with van der Waals surface area (Å²) in [6.07, 6.45) is 1.48. The van der Waals surface area contributed by atoms with Crippen LogP contribution in [0.1, 0.15) is 16.1 Å². The lowest BCUT2D eigenvalue weighted by molar-refractivity contribution is 0.0946. The largest absolute Gasteiger partial charge is 0.495 e. The Morgan fingerprint density at radius 3 is 2.67 bits per heavy atom. The van der Waals surface area contributed by atoms with Gasteiger partial charge in [0.05, 0.1) is 12.1 Å². The SMILES string of the molecule is COc1ccc(Nc2nccc(C(=O)NCc3ccc(F)cc3)n2)cc1Cl. The molecule has 0 aliphatic rings. The molecule has 0 aliphatic carbocycles. The van der Waals surface area contributed by atoms with Crippen molar-refractivity contribution in [3.8, 4) is 5.75 Å². The van der Waals surface area contributed by atoms with Gasteiger partial charge in [-0.2, -0.15) is 0 Å². The van der Waals surface area contributed by atoms with Gasteiger partial charge in [-0.05, 0) is 42.0 Å². The Bertz CT molecular complexity index is 951. The zero-order valence-electron chi connectivity index (χ0n) is 14.4. The molecule has 1 aromatic heterocycles. The molecule has 0 saturated heterocycles. The molecule has 27 heavy (non-hydrogen) atoms. The van der Waals surface area contributed by atoms with Crippen molar-refractivity contribution in [1.82, 2.24) is 15.3 Å². The van der Waals surface area contributed by atoms with Crippen LogP contribution in [0.2, 0.25) is 5.02 Å². The molecule has 3 rings (SSSR count). The first kappa shape index (κ1) is 18.6. The lowest BCUT2D eigenvalue weighted by Crippen LogP contribution is -2.24. The van der Waals surface area contributed by atoms with Gasteiger partial charge in [0.1, 0.15) is 17.3 Å². The van der Waals surface area contributed by atoms with Crippen molar-refractivity contribution in [3.63, 3.8) is 0 Å². The van der Waals surface area contributed by atoms with E-state index in [9.17, 15) is 9.18 Å². The fraction of sp³-hybridized carbons (Fsp3) is 0.105. The van der Waals surface area contributed by atoms with Crippen molar-refractivity contribution in [2.75, 3.05) is 12.4 Å². The second kappa shape index (κ2) is 8.46. The van der Waals surface area contributed by atoms with E-state index < -0.39 is 0 Å². The summed E-state index contributed by atoms with van der Waals surface area (Å²) in [7, 11) is 1.53. The lowest BCUT2D eigenvalue weighted by atomic mass is 10.2. The highest BCUT2D eigenvalue weighted by Crippen LogP contribution is 2.28. The van der Waals surface area contributed by atoms with E-state index in [0.717, 1.165) is 5.56 Å². The fourth-order valence-corrected chi connectivity index (χ4v) is 2.55. The predicted octanol–water partition coefficient (Wildman–Crippen LogP) is 3.95. The summed E-state index contributed by atoms with van der Waals surface area (Å²) < 4.78 is 18.0. The number of nitrogens with one attached hydrogen (secondary N) is 2. The molecule has 2 N–H and O–H groups in total. The van der Waals surface area contributed by atoms with Crippen LogP contribution < -0.4 is 15.4 Å². The van der Waals surface area contributed by atoms with Gasteiger partial charge in [0.15, 0.2) is 0 Å². The molecular weight excluding hydrogens is 371 g/mol. The Balaban J connectivity index is 1.66. The number of aromatic nitrogens is 2. The monoisotopic (exact) mass is 386 g/mol. The highest BCUT2D eigenvalue weighted by atomic mass is 35.5. The Morgan fingerprint density at radius 2 is 1.96 bits per heavy atom. The normalized spacial score (nSPS) is 10.3. The third-order valence-corrected chi connectivity index (χ3v) is 3.96. The molecule has 0 fully saturated rings. The number of carbonyl (C=O) groups excluding carboxylic acids is 1. The number of rotatable bonds is 6. The van der Waals surface area contributed by atoms with Crippen molar-refractivity contribution < 1.29 is 13.9 Å². The molecule has 0 atom stereocenters. The lowest BCUT2D eigenvalue weighted by Gasteiger charge is -2.09. The molecular formula is C19H16ClFN4O2. The minimum absolute atomic E-state index is 0.203. The van der Waals surface area contributed by atoms with Crippen molar-refractivity contribution in [2.45, 2.75) is 6.54 Å². The van der Waals surface area contributed by atoms with Gasteiger partial charge in [0, 0.05) is 18.4 Å². The highest BCUT2D eigenvalue weighted by molar-refractivity contribution is 6.32. The van der Waals surface area contributed by atoms with Crippen LogP contribution in [0.4, 0.5) is 16.0 Å².